The maximum atomic E-state index is 6.21. The van der Waals surface area contributed by atoms with Gasteiger partial charge in [-0.1, -0.05) is 11.6 Å². The quantitative estimate of drug-likeness (QED) is 0.771. The van der Waals surface area contributed by atoms with Crippen LogP contribution in [0.5, 0.6) is 0 Å². The van der Waals surface area contributed by atoms with Crippen molar-refractivity contribution in [2.24, 2.45) is 0 Å². The average molecular weight is 270 g/mol. The van der Waals surface area contributed by atoms with E-state index in [0.29, 0.717) is 0 Å². The van der Waals surface area contributed by atoms with Crippen LogP contribution < -0.4 is 5.59 Å². The molecule has 1 aliphatic heterocycles. The van der Waals surface area contributed by atoms with Gasteiger partial charge in [0.15, 0.2) is 0 Å². The van der Waals surface area contributed by atoms with E-state index in [9.17, 15) is 0 Å². The first-order valence-electron chi connectivity index (χ1n) is 6.38. The molecule has 0 N–H and O–H groups in total. The van der Waals surface area contributed by atoms with Gasteiger partial charge < -0.3 is 13.9 Å². The van der Waals surface area contributed by atoms with Crippen molar-refractivity contribution < 1.29 is 9.31 Å². The number of halogens is 1. The van der Waals surface area contributed by atoms with Gasteiger partial charge in [-0.15, -0.1) is 0 Å². The van der Waals surface area contributed by atoms with E-state index in [1.54, 1.807) is 0 Å². The molecule has 0 aromatic carbocycles. The van der Waals surface area contributed by atoms with Crippen LogP contribution in [0.15, 0.2) is 12.1 Å². The molecule has 0 atom stereocenters. The summed E-state index contributed by atoms with van der Waals surface area (Å²) in [7, 11) is -0.357. The van der Waals surface area contributed by atoms with Crippen molar-refractivity contribution in [3.05, 3.63) is 17.3 Å². The summed E-state index contributed by atoms with van der Waals surface area (Å²) in [5.41, 5.74) is 0.334. The Labute approximate surface area is 115 Å². The summed E-state index contributed by atoms with van der Waals surface area (Å²) in [4.78, 5) is 0. The zero-order chi connectivity index (χ0) is 13.7. The van der Waals surface area contributed by atoms with Crippen molar-refractivity contribution in [2.75, 3.05) is 0 Å². The Balaban J connectivity index is 2.36. The molecule has 0 saturated carbocycles. The van der Waals surface area contributed by atoms with E-state index in [2.05, 4.69) is 41.5 Å². The van der Waals surface area contributed by atoms with Crippen LogP contribution >= 0.6 is 11.6 Å². The molecule has 1 fully saturated rings. The van der Waals surface area contributed by atoms with Gasteiger partial charge in [0, 0.05) is 11.6 Å². The molecular weight excluding hydrogens is 248 g/mol. The highest BCUT2D eigenvalue weighted by Crippen LogP contribution is 2.36. The first-order valence-corrected chi connectivity index (χ1v) is 6.76. The first-order chi connectivity index (χ1) is 8.16. The number of hydrogen-bond acceptors (Lipinski definition) is 2. The van der Waals surface area contributed by atoms with Crippen molar-refractivity contribution in [2.45, 2.75) is 58.8 Å². The molecule has 0 aliphatic carbocycles. The van der Waals surface area contributed by atoms with Crippen molar-refractivity contribution in [1.82, 2.24) is 4.57 Å². The Kier molecular flexibility index (Phi) is 3.33. The lowest BCUT2D eigenvalue weighted by Gasteiger charge is -2.32. The van der Waals surface area contributed by atoms with Crippen LogP contribution in [-0.4, -0.2) is 22.9 Å². The minimum absolute atomic E-state index is 0.279. The van der Waals surface area contributed by atoms with E-state index in [-0.39, 0.29) is 24.4 Å². The van der Waals surface area contributed by atoms with Crippen molar-refractivity contribution >= 4 is 24.3 Å². The van der Waals surface area contributed by atoms with Gasteiger partial charge in [-0.25, -0.2) is 0 Å². The molecule has 1 saturated heterocycles. The molecule has 0 unspecified atom stereocenters. The Morgan fingerprint density at radius 1 is 1.11 bits per heavy atom. The third kappa shape index (κ3) is 2.11. The van der Waals surface area contributed by atoms with E-state index < -0.39 is 0 Å². The zero-order valence-electron chi connectivity index (χ0n) is 12.0. The largest absolute Gasteiger partial charge is 0.512 e. The molecule has 0 spiro atoms. The fourth-order valence-electron chi connectivity index (χ4n) is 2.14. The van der Waals surface area contributed by atoms with Crippen molar-refractivity contribution in [1.29, 1.82) is 0 Å². The lowest BCUT2D eigenvalue weighted by Crippen LogP contribution is -2.41. The molecule has 3 nitrogen and oxygen atoms in total. The summed E-state index contributed by atoms with van der Waals surface area (Å²) >= 11 is 6.21. The lowest BCUT2D eigenvalue weighted by atomic mass is 9.84. The number of rotatable bonds is 2. The normalized spacial score (nSPS) is 21.9. The SMILES string of the molecule is CC(C)n1c(Cl)ccc1B1OC(C)(C)C(C)(C)O1. The van der Waals surface area contributed by atoms with Crippen LogP contribution in [0, 0.1) is 0 Å². The Bertz CT molecular complexity index is 438. The predicted octanol–water partition coefficient (Wildman–Crippen LogP) is 3.02. The third-order valence-electron chi connectivity index (χ3n) is 3.91. The molecule has 1 aliphatic rings. The maximum absolute atomic E-state index is 6.21. The second-order valence-electron chi connectivity index (χ2n) is 6.13. The molecule has 0 amide bonds. The highest BCUT2D eigenvalue weighted by molar-refractivity contribution is 6.61. The molecule has 0 bridgehead atoms. The third-order valence-corrected chi connectivity index (χ3v) is 4.22. The standard InChI is InChI=1S/C13H21BClNO2/c1-9(2)16-10(7-8-11(16)15)14-17-12(3,4)13(5,6)18-14/h7-9H,1-6H3. The second kappa shape index (κ2) is 4.29. The molecule has 1 aromatic heterocycles. The second-order valence-corrected chi connectivity index (χ2v) is 6.52. The fraction of sp³-hybridized carbons (Fsp3) is 0.692. The molecule has 100 valence electrons. The van der Waals surface area contributed by atoms with E-state index >= 15 is 0 Å². The number of aromatic nitrogens is 1. The minimum Gasteiger partial charge on any atom is -0.398 e. The average Bonchev–Trinajstić information content (AvgIpc) is 2.66. The molecule has 2 rings (SSSR count). The number of nitrogens with zero attached hydrogens (tertiary/aromatic N) is 1. The summed E-state index contributed by atoms with van der Waals surface area (Å²) in [6.07, 6.45) is 0. The van der Waals surface area contributed by atoms with Crippen LogP contribution in [0.25, 0.3) is 0 Å². The molecule has 0 radical (unpaired) electrons. The zero-order valence-corrected chi connectivity index (χ0v) is 12.7. The summed E-state index contributed by atoms with van der Waals surface area (Å²) in [6.45, 7) is 12.4. The molecule has 1 aromatic rings. The Morgan fingerprint density at radius 2 is 1.61 bits per heavy atom. The van der Waals surface area contributed by atoms with Gasteiger partial charge in [0.1, 0.15) is 5.15 Å². The number of hydrogen-bond donors (Lipinski definition) is 0. The van der Waals surface area contributed by atoms with Crippen LogP contribution in [0.3, 0.4) is 0 Å². The highest BCUT2D eigenvalue weighted by Gasteiger charge is 2.52. The minimum atomic E-state index is -0.357. The van der Waals surface area contributed by atoms with Crippen LogP contribution in [0.2, 0.25) is 5.15 Å². The van der Waals surface area contributed by atoms with E-state index in [1.807, 2.05) is 16.7 Å². The monoisotopic (exact) mass is 269 g/mol. The van der Waals surface area contributed by atoms with Gasteiger partial charge in [0.05, 0.1) is 11.2 Å². The summed E-state index contributed by atoms with van der Waals surface area (Å²) in [5.74, 6) is 0. The molecule has 2 heterocycles. The predicted molar refractivity (Wildman–Crippen MR) is 75.5 cm³/mol. The Morgan fingerprint density at radius 3 is 2.06 bits per heavy atom. The lowest BCUT2D eigenvalue weighted by molar-refractivity contribution is 0.00578. The topological polar surface area (TPSA) is 23.4 Å². The fourth-order valence-corrected chi connectivity index (χ4v) is 2.49. The summed E-state index contributed by atoms with van der Waals surface area (Å²) in [6, 6.07) is 4.15. The maximum Gasteiger partial charge on any atom is 0.512 e. The van der Waals surface area contributed by atoms with Gasteiger partial charge in [-0.3, -0.25) is 0 Å². The van der Waals surface area contributed by atoms with Gasteiger partial charge in [0.2, 0.25) is 0 Å². The molecule has 5 heteroatoms. The first kappa shape index (κ1) is 14.0. The van der Waals surface area contributed by atoms with E-state index in [0.717, 1.165) is 10.7 Å². The van der Waals surface area contributed by atoms with Crippen LogP contribution in [0.1, 0.15) is 47.6 Å². The van der Waals surface area contributed by atoms with Gasteiger partial charge in [-0.05, 0) is 53.7 Å². The van der Waals surface area contributed by atoms with Gasteiger partial charge in [0.25, 0.3) is 0 Å². The summed E-state index contributed by atoms with van der Waals surface area (Å²) < 4.78 is 14.2. The van der Waals surface area contributed by atoms with E-state index in [4.69, 9.17) is 20.9 Å². The van der Waals surface area contributed by atoms with Gasteiger partial charge >= 0.3 is 7.12 Å². The van der Waals surface area contributed by atoms with Crippen molar-refractivity contribution in [3.63, 3.8) is 0 Å². The summed E-state index contributed by atoms with van der Waals surface area (Å²) in [5, 5.41) is 0.717. The smallest absolute Gasteiger partial charge is 0.398 e. The Hall–Kier alpha value is -0.445. The van der Waals surface area contributed by atoms with Crippen LogP contribution in [-0.2, 0) is 9.31 Å². The van der Waals surface area contributed by atoms with Gasteiger partial charge in [-0.2, -0.15) is 0 Å². The highest BCUT2D eigenvalue weighted by atomic mass is 35.5. The molecule has 18 heavy (non-hydrogen) atoms. The van der Waals surface area contributed by atoms with E-state index in [1.165, 1.54) is 0 Å². The van der Waals surface area contributed by atoms with Crippen LogP contribution in [0.4, 0.5) is 0 Å². The molecular formula is C13H21BClNO2. The van der Waals surface area contributed by atoms with Crippen molar-refractivity contribution in [3.8, 4) is 0 Å².